The summed E-state index contributed by atoms with van der Waals surface area (Å²) in [5.74, 6) is 1.06. The van der Waals surface area contributed by atoms with Crippen molar-refractivity contribution < 1.29 is 0 Å². The standard InChI is InChI=1S/C12H19N3/c1-9-4-3-5-10(2)15(9)12-7-6-11(13)8-14-12/h6-10H,3-5,13H2,1-2H3. The van der Waals surface area contributed by atoms with Crippen molar-refractivity contribution in [2.45, 2.75) is 45.2 Å². The van der Waals surface area contributed by atoms with Gasteiger partial charge in [-0.25, -0.2) is 4.98 Å². The van der Waals surface area contributed by atoms with Crippen molar-refractivity contribution in [3.8, 4) is 0 Å². The molecule has 1 aliphatic heterocycles. The van der Waals surface area contributed by atoms with Crippen LogP contribution in [0.25, 0.3) is 0 Å². The van der Waals surface area contributed by atoms with E-state index in [1.54, 1.807) is 6.20 Å². The fourth-order valence-corrected chi connectivity index (χ4v) is 2.42. The summed E-state index contributed by atoms with van der Waals surface area (Å²) in [5.41, 5.74) is 6.38. The molecule has 3 heteroatoms. The molecule has 0 bridgehead atoms. The summed E-state index contributed by atoms with van der Waals surface area (Å²) in [6.07, 6.45) is 5.59. The molecular formula is C12H19N3. The summed E-state index contributed by atoms with van der Waals surface area (Å²) >= 11 is 0. The molecule has 1 aliphatic rings. The molecule has 0 spiro atoms. The lowest BCUT2D eigenvalue weighted by Crippen LogP contribution is -2.44. The SMILES string of the molecule is CC1CCCC(C)N1c1ccc(N)cn1. The van der Waals surface area contributed by atoms with Crippen molar-refractivity contribution in [3.63, 3.8) is 0 Å². The van der Waals surface area contributed by atoms with Crippen molar-refractivity contribution in [3.05, 3.63) is 18.3 Å². The Balaban J connectivity index is 2.23. The predicted octanol–water partition coefficient (Wildman–Crippen LogP) is 2.43. The fourth-order valence-electron chi connectivity index (χ4n) is 2.42. The van der Waals surface area contributed by atoms with Gasteiger partial charge in [0.1, 0.15) is 5.82 Å². The van der Waals surface area contributed by atoms with Crippen LogP contribution in [0.4, 0.5) is 11.5 Å². The van der Waals surface area contributed by atoms with E-state index in [9.17, 15) is 0 Å². The maximum Gasteiger partial charge on any atom is 0.129 e. The van der Waals surface area contributed by atoms with Gasteiger partial charge in [0.2, 0.25) is 0 Å². The third-order valence-electron chi connectivity index (χ3n) is 3.23. The van der Waals surface area contributed by atoms with Crippen molar-refractivity contribution >= 4 is 11.5 Å². The molecule has 82 valence electrons. The first kappa shape index (κ1) is 10.3. The lowest BCUT2D eigenvalue weighted by molar-refractivity contribution is 0.411. The van der Waals surface area contributed by atoms with Gasteiger partial charge in [-0.1, -0.05) is 0 Å². The van der Waals surface area contributed by atoms with E-state index >= 15 is 0 Å². The van der Waals surface area contributed by atoms with Crippen LogP contribution < -0.4 is 10.6 Å². The summed E-state index contributed by atoms with van der Waals surface area (Å²) in [6, 6.07) is 5.12. The van der Waals surface area contributed by atoms with Crippen LogP contribution in [0.5, 0.6) is 0 Å². The highest BCUT2D eigenvalue weighted by Gasteiger charge is 2.25. The van der Waals surface area contributed by atoms with Crippen LogP contribution in [-0.2, 0) is 0 Å². The van der Waals surface area contributed by atoms with E-state index in [1.165, 1.54) is 19.3 Å². The van der Waals surface area contributed by atoms with Crippen LogP contribution in [0.2, 0.25) is 0 Å². The smallest absolute Gasteiger partial charge is 0.129 e. The normalized spacial score (nSPS) is 26.7. The van der Waals surface area contributed by atoms with Crippen molar-refractivity contribution in [2.24, 2.45) is 0 Å². The van der Waals surface area contributed by atoms with E-state index in [1.807, 2.05) is 12.1 Å². The molecule has 2 N–H and O–H groups in total. The summed E-state index contributed by atoms with van der Waals surface area (Å²) in [6.45, 7) is 4.54. The topological polar surface area (TPSA) is 42.1 Å². The summed E-state index contributed by atoms with van der Waals surface area (Å²) in [4.78, 5) is 6.81. The molecule has 0 radical (unpaired) electrons. The third kappa shape index (κ3) is 2.06. The average Bonchev–Trinajstić information content (AvgIpc) is 2.20. The first-order valence-electron chi connectivity index (χ1n) is 5.68. The van der Waals surface area contributed by atoms with Crippen LogP contribution in [-0.4, -0.2) is 17.1 Å². The summed E-state index contributed by atoms with van der Waals surface area (Å²) in [5, 5.41) is 0. The van der Waals surface area contributed by atoms with Crippen molar-refractivity contribution in [1.82, 2.24) is 4.98 Å². The minimum Gasteiger partial charge on any atom is -0.397 e. The van der Waals surface area contributed by atoms with Crippen LogP contribution >= 0.6 is 0 Å². The molecule has 1 saturated heterocycles. The Morgan fingerprint density at radius 3 is 2.47 bits per heavy atom. The second-order valence-electron chi connectivity index (χ2n) is 4.49. The van der Waals surface area contributed by atoms with E-state index in [4.69, 9.17) is 5.73 Å². The predicted molar refractivity (Wildman–Crippen MR) is 63.9 cm³/mol. The van der Waals surface area contributed by atoms with Gasteiger partial charge in [-0.3, -0.25) is 0 Å². The largest absolute Gasteiger partial charge is 0.397 e. The van der Waals surface area contributed by atoms with Gasteiger partial charge in [0.15, 0.2) is 0 Å². The zero-order chi connectivity index (χ0) is 10.8. The van der Waals surface area contributed by atoms with Gasteiger partial charge >= 0.3 is 0 Å². The molecule has 1 aromatic rings. The Morgan fingerprint density at radius 2 is 1.93 bits per heavy atom. The number of anilines is 2. The van der Waals surface area contributed by atoms with Crippen LogP contribution in [0.1, 0.15) is 33.1 Å². The quantitative estimate of drug-likeness (QED) is 0.765. The number of nitrogens with two attached hydrogens (primary N) is 1. The monoisotopic (exact) mass is 205 g/mol. The van der Waals surface area contributed by atoms with Crippen LogP contribution in [0, 0.1) is 0 Å². The molecule has 0 aromatic carbocycles. The lowest BCUT2D eigenvalue weighted by atomic mass is 9.97. The zero-order valence-corrected chi connectivity index (χ0v) is 9.48. The van der Waals surface area contributed by atoms with Gasteiger partial charge in [0, 0.05) is 12.1 Å². The van der Waals surface area contributed by atoms with Crippen LogP contribution in [0.3, 0.4) is 0 Å². The van der Waals surface area contributed by atoms with Gasteiger partial charge in [-0.2, -0.15) is 0 Å². The molecule has 2 rings (SSSR count). The molecular weight excluding hydrogens is 186 g/mol. The van der Waals surface area contributed by atoms with E-state index in [0.29, 0.717) is 12.1 Å². The highest BCUT2D eigenvalue weighted by molar-refractivity contribution is 5.47. The Kier molecular flexibility index (Phi) is 2.80. The highest BCUT2D eigenvalue weighted by atomic mass is 15.2. The molecule has 15 heavy (non-hydrogen) atoms. The first-order chi connectivity index (χ1) is 7.18. The lowest BCUT2D eigenvalue weighted by Gasteiger charge is -2.40. The fraction of sp³-hybridized carbons (Fsp3) is 0.583. The Morgan fingerprint density at radius 1 is 1.27 bits per heavy atom. The zero-order valence-electron chi connectivity index (χ0n) is 9.48. The van der Waals surface area contributed by atoms with E-state index in [2.05, 4.69) is 23.7 Å². The number of hydrogen-bond acceptors (Lipinski definition) is 3. The number of nitrogens with zero attached hydrogens (tertiary/aromatic N) is 2. The molecule has 3 nitrogen and oxygen atoms in total. The van der Waals surface area contributed by atoms with Gasteiger partial charge in [0.25, 0.3) is 0 Å². The highest BCUT2D eigenvalue weighted by Crippen LogP contribution is 2.27. The molecule has 2 atom stereocenters. The minimum atomic E-state index is 0.588. The Hall–Kier alpha value is -1.25. The summed E-state index contributed by atoms with van der Waals surface area (Å²) in [7, 11) is 0. The maximum absolute atomic E-state index is 5.64. The van der Waals surface area contributed by atoms with Crippen LogP contribution in [0.15, 0.2) is 18.3 Å². The Bertz CT molecular complexity index is 310. The van der Waals surface area contributed by atoms with Gasteiger partial charge in [0.05, 0.1) is 11.9 Å². The number of pyridine rings is 1. The first-order valence-corrected chi connectivity index (χ1v) is 5.68. The maximum atomic E-state index is 5.64. The van der Waals surface area contributed by atoms with Crippen molar-refractivity contribution in [1.29, 1.82) is 0 Å². The van der Waals surface area contributed by atoms with E-state index < -0.39 is 0 Å². The number of aromatic nitrogens is 1. The molecule has 2 unspecified atom stereocenters. The molecule has 2 heterocycles. The van der Waals surface area contributed by atoms with Gasteiger partial charge in [-0.05, 0) is 45.2 Å². The molecule has 1 fully saturated rings. The molecule has 0 aliphatic carbocycles. The van der Waals surface area contributed by atoms with Crippen molar-refractivity contribution in [2.75, 3.05) is 10.6 Å². The Labute approximate surface area is 91.3 Å². The van der Waals surface area contributed by atoms with E-state index in [-0.39, 0.29) is 0 Å². The second-order valence-corrected chi connectivity index (χ2v) is 4.49. The minimum absolute atomic E-state index is 0.588. The van der Waals surface area contributed by atoms with Gasteiger partial charge < -0.3 is 10.6 Å². The molecule has 0 amide bonds. The average molecular weight is 205 g/mol. The molecule has 0 saturated carbocycles. The summed E-state index contributed by atoms with van der Waals surface area (Å²) < 4.78 is 0. The van der Waals surface area contributed by atoms with E-state index in [0.717, 1.165) is 11.5 Å². The molecule has 1 aromatic heterocycles. The van der Waals surface area contributed by atoms with Gasteiger partial charge in [-0.15, -0.1) is 0 Å². The number of piperidine rings is 1. The number of nitrogen functional groups attached to an aromatic ring is 1. The third-order valence-corrected chi connectivity index (χ3v) is 3.23. The second kappa shape index (κ2) is 4.09. The number of rotatable bonds is 1. The number of hydrogen-bond donors (Lipinski definition) is 1.